The highest BCUT2D eigenvalue weighted by Crippen LogP contribution is 2.22. The van der Waals surface area contributed by atoms with Crippen molar-refractivity contribution in [3.8, 4) is 0 Å². The fourth-order valence-corrected chi connectivity index (χ4v) is 0.884. The Kier molecular flexibility index (Phi) is 2.09. The summed E-state index contributed by atoms with van der Waals surface area (Å²) < 4.78 is 13.0. The normalized spacial score (nSPS) is 9.67. The molecule has 0 aliphatic rings. The molecular formula is C6H3BrClF. The van der Waals surface area contributed by atoms with Gasteiger partial charge in [0.25, 0.3) is 0 Å². The number of benzene rings is 1. The van der Waals surface area contributed by atoms with E-state index < -0.39 is 0 Å². The van der Waals surface area contributed by atoms with Crippen LogP contribution in [0, 0.1) is 5.82 Å². The van der Waals surface area contributed by atoms with E-state index in [1.165, 1.54) is 12.1 Å². The van der Waals surface area contributed by atoms with Gasteiger partial charge in [-0.05, 0) is 34.1 Å². The quantitative estimate of drug-likeness (QED) is 0.576. The molecule has 1 aromatic rings. The molecule has 0 bridgehead atoms. The maximum absolute atomic E-state index is 12.2. The van der Waals surface area contributed by atoms with Crippen molar-refractivity contribution in [3.05, 3.63) is 33.5 Å². The summed E-state index contributed by atoms with van der Waals surface area (Å²) in [6.07, 6.45) is 0. The zero-order valence-corrected chi connectivity index (χ0v) is 6.71. The van der Waals surface area contributed by atoms with Crippen LogP contribution in [0.25, 0.3) is 0 Å². The summed E-state index contributed by atoms with van der Waals surface area (Å²) in [4.78, 5) is 0. The molecule has 9 heavy (non-hydrogen) atoms. The van der Waals surface area contributed by atoms with Crippen molar-refractivity contribution >= 4 is 27.5 Å². The molecule has 0 unspecified atom stereocenters. The van der Waals surface area contributed by atoms with Crippen LogP contribution in [0.5, 0.6) is 0 Å². The molecule has 0 fully saturated rings. The summed E-state index contributed by atoms with van der Waals surface area (Å²) in [6.45, 7) is 0. The molecule has 0 spiro atoms. The fourth-order valence-electron chi connectivity index (χ4n) is 0.470. The molecule has 0 aliphatic heterocycles. The number of halogens is 3. The Morgan fingerprint density at radius 2 is 2.11 bits per heavy atom. The molecule has 1 rings (SSSR count). The average molecular weight is 209 g/mol. The molecule has 0 nitrogen and oxygen atoms in total. The van der Waals surface area contributed by atoms with Crippen LogP contribution in [0.2, 0.25) is 5.02 Å². The average Bonchev–Trinajstić information content (AvgIpc) is 1.80. The molecule has 0 saturated carbocycles. The standard InChI is InChI=1S/C6H3BrClF/c7-5-2-1-4(9)3-6(5)8/h1-3H. The molecule has 3 heteroatoms. The van der Waals surface area contributed by atoms with Crippen molar-refractivity contribution in [2.45, 2.75) is 0 Å². The van der Waals surface area contributed by atoms with Crippen LogP contribution in [-0.4, -0.2) is 0 Å². The summed E-state index contributed by atoms with van der Waals surface area (Å²) in [6, 6.07) is 4.17. The van der Waals surface area contributed by atoms with Crippen LogP contribution >= 0.6 is 27.5 Å². The van der Waals surface area contributed by atoms with Gasteiger partial charge in [0.15, 0.2) is 0 Å². The highest BCUT2D eigenvalue weighted by molar-refractivity contribution is 9.10. The molecule has 0 saturated heterocycles. The second-order valence-corrected chi connectivity index (χ2v) is 2.82. The maximum atomic E-state index is 12.2. The first-order chi connectivity index (χ1) is 4.20. The van der Waals surface area contributed by atoms with Gasteiger partial charge < -0.3 is 0 Å². The van der Waals surface area contributed by atoms with Crippen molar-refractivity contribution in [1.29, 1.82) is 0 Å². The van der Waals surface area contributed by atoms with Gasteiger partial charge in [-0.2, -0.15) is 0 Å². The summed E-state index contributed by atoms with van der Waals surface area (Å²) in [5.41, 5.74) is 0. The third-order valence-corrected chi connectivity index (χ3v) is 2.11. The predicted octanol–water partition coefficient (Wildman–Crippen LogP) is 3.24. The molecule has 0 radical (unpaired) electrons. The van der Waals surface area contributed by atoms with Gasteiger partial charge in [0.1, 0.15) is 5.82 Å². The van der Waals surface area contributed by atoms with E-state index in [2.05, 4.69) is 15.9 Å². The summed E-state index contributed by atoms with van der Waals surface area (Å²) >= 11 is 8.66. The maximum Gasteiger partial charge on any atom is 0.124 e. The smallest absolute Gasteiger partial charge is 0.124 e. The monoisotopic (exact) mass is 208 g/mol. The van der Waals surface area contributed by atoms with Crippen molar-refractivity contribution < 1.29 is 4.39 Å². The van der Waals surface area contributed by atoms with E-state index >= 15 is 0 Å². The topological polar surface area (TPSA) is 0 Å². The van der Waals surface area contributed by atoms with Crippen molar-refractivity contribution in [2.24, 2.45) is 0 Å². The minimum absolute atomic E-state index is 0.316. The molecule has 0 amide bonds. The Morgan fingerprint density at radius 1 is 1.44 bits per heavy atom. The van der Waals surface area contributed by atoms with Gasteiger partial charge in [-0.15, -0.1) is 0 Å². The van der Waals surface area contributed by atoms with Crippen LogP contribution in [0.15, 0.2) is 22.7 Å². The predicted molar refractivity (Wildman–Crippen MR) is 39.1 cm³/mol. The first-order valence-electron chi connectivity index (χ1n) is 2.30. The highest BCUT2D eigenvalue weighted by Gasteiger charge is 1.95. The van der Waals surface area contributed by atoms with Crippen LogP contribution in [0.4, 0.5) is 4.39 Å². The second kappa shape index (κ2) is 2.67. The number of hydrogen-bond acceptors (Lipinski definition) is 0. The van der Waals surface area contributed by atoms with Crippen LogP contribution in [0.3, 0.4) is 0 Å². The van der Waals surface area contributed by atoms with Gasteiger partial charge in [0.2, 0.25) is 0 Å². The number of hydrogen-bond donors (Lipinski definition) is 0. The minimum Gasteiger partial charge on any atom is -0.207 e. The van der Waals surface area contributed by atoms with Crippen molar-refractivity contribution in [3.63, 3.8) is 0 Å². The van der Waals surface area contributed by atoms with E-state index in [1.54, 1.807) is 6.07 Å². The largest absolute Gasteiger partial charge is 0.207 e. The van der Waals surface area contributed by atoms with Crippen LogP contribution in [0.1, 0.15) is 0 Å². The molecule has 1 aromatic carbocycles. The molecular weight excluding hydrogens is 206 g/mol. The third kappa shape index (κ3) is 1.66. The van der Waals surface area contributed by atoms with Crippen LogP contribution < -0.4 is 0 Å². The molecule has 48 valence electrons. The van der Waals surface area contributed by atoms with Gasteiger partial charge >= 0.3 is 0 Å². The van der Waals surface area contributed by atoms with Crippen LogP contribution in [-0.2, 0) is 0 Å². The Bertz CT molecular complexity index is 224. The number of rotatable bonds is 0. The lowest BCUT2D eigenvalue weighted by Crippen LogP contribution is -1.72. The lowest BCUT2D eigenvalue weighted by Gasteiger charge is -1.92. The zero-order chi connectivity index (χ0) is 6.85. The second-order valence-electron chi connectivity index (χ2n) is 1.56. The Labute approximate surface area is 65.8 Å². The Balaban J connectivity index is 3.17. The third-order valence-electron chi connectivity index (χ3n) is 0.882. The van der Waals surface area contributed by atoms with Gasteiger partial charge in [-0.1, -0.05) is 11.6 Å². The zero-order valence-electron chi connectivity index (χ0n) is 4.37. The van der Waals surface area contributed by atoms with E-state index in [0.29, 0.717) is 9.50 Å². The van der Waals surface area contributed by atoms with Crippen molar-refractivity contribution in [2.75, 3.05) is 0 Å². The van der Waals surface area contributed by atoms with E-state index in [1.807, 2.05) is 0 Å². The first kappa shape index (κ1) is 7.03. The summed E-state index contributed by atoms with van der Waals surface area (Å²) in [5, 5.41) is 0.398. The molecule has 0 aromatic heterocycles. The van der Waals surface area contributed by atoms with Crippen molar-refractivity contribution in [1.82, 2.24) is 0 Å². The van der Waals surface area contributed by atoms with E-state index in [4.69, 9.17) is 11.6 Å². The molecule has 0 atom stereocenters. The first-order valence-corrected chi connectivity index (χ1v) is 3.48. The van der Waals surface area contributed by atoms with E-state index in [9.17, 15) is 4.39 Å². The summed E-state index contributed by atoms with van der Waals surface area (Å²) in [5.74, 6) is -0.316. The van der Waals surface area contributed by atoms with Gasteiger partial charge in [-0.3, -0.25) is 0 Å². The fraction of sp³-hybridized carbons (Fsp3) is 0. The molecule has 0 heterocycles. The lowest BCUT2D eigenvalue weighted by molar-refractivity contribution is 0.627. The Morgan fingerprint density at radius 3 is 2.56 bits per heavy atom. The van der Waals surface area contributed by atoms with Gasteiger partial charge in [0, 0.05) is 4.47 Å². The Hall–Kier alpha value is -0.0800. The molecule has 0 N–H and O–H groups in total. The summed E-state index contributed by atoms with van der Waals surface area (Å²) in [7, 11) is 0. The van der Waals surface area contributed by atoms with E-state index in [-0.39, 0.29) is 5.82 Å². The highest BCUT2D eigenvalue weighted by atomic mass is 79.9. The van der Waals surface area contributed by atoms with Gasteiger partial charge in [-0.25, -0.2) is 4.39 Å². The van der Waals surface area contributed by atoms with E-state index in [0.717, 1.165) is 0 Å². The SMILES string of the molecule is Fc1ccc(Br)c(Cl)c1. The molecule has 0 aliphatic carbocycles. The van der Waals surface area contributed by atoms with Gasteiger partial charge in [0.05, 0.1) is 5.02 Å². The lowest BCUT2D eigenvalue weighted by atomic mass is 10.3. The minimum atomic E-state index is -0.316.